The van der Waals surface area contributed by atoms with Gasteiger partial charge in [-0.15, -0.1) is 0 Å². The summed E-state index contributed by atoms with van der Waals surface area (Å²) < 4.78 is 5.27. The topological polar surface area (TPSA) is 26.3 Å². The third-order valence-corrected chi connectivity index (χ3v) is 3.09. The van der Waals surface area contributed by atoms with Gasteiger partial charge in [-0.1, -0.05) is 0 Å². The summed E-state index contributed by atoms with van der Waals surface area (Å²) >= 11 is 1.24. The third-order valence-electron chi connectivity index (χ3n) is 1.88. The van der Waals surface area contributed by atoms with Gasteiger partial charge in [-0.3, -0.25) is 0 Å². The molecule has 77 valence electrons. The zero-order valence-corrected chi connectivity index (χ0v) is 12.5. The third kappa shape index (κ3) is 4.13. The Bertz CT molecular complexity index is 336. The normalized spacial score (nSPS) is 11.3. The van der Waals surface area contributed by atoms with Crippen LogP contribution in [0.1, 0.15) is 36.7 Å². The number of ether oxygens (including phenoxy) is 1. The van der Waals surface area contributed by atoms with Crippen LogP contribution in [-0.2, 0) is 28.1 Å². The minimum absolute atomic E-state index is 0.249. The molecular weight excluding hydrogens is 242 g/mol. The molecule has 0 unspecified atom stereocenters. The predicted octanol–water partition coefficient (Wildman–Crippen LogP) is 2.69. The molecule has 0 saturated carbocycles. The van der Waals surface area contributed by atoms with Crippen LogP contribution in [-0.4, -0.2) is 11.6 Å². The van der Waals surface area contributed by atoms with Crippen molar-refractivity contribution in [2.45, 2.75) is 31.4 Å². The van der Waals surface area contributed by atoms with E-state index in [0.29, 0.717) is 5.56 Å². The summed E-state index contributed by atoms with van der Waals surface area (Å²) in [6.45, 7) is 5.61. The second-order valence-corrected chi connectivity index (χ2v) is 5.50. The first-order valence-electron chi connectivity index (χ1n) is 5.04. The molecule has 0 amide bonds. The number of hydrogen-bond donors (Lipinski definition) is 0. The molecule has 0 bridgehead atoms. The van der Waals surface area contributed by atoms with Gasteiger partial charge in [-0.2, -0.15) is 0 Å². The Balaban J connectivity index is 2.75. The molecular formula is C12H15O2Zn. The number of esters is 1. The average Bonchev–Trinajstić information content (AvgIpc) is 2.15. The average molecular weight is 257 g/mol. The van der Waals surface area contributed by atoms with Gasteiger partial charge in [-0.05, 0) is 0 Å². The quantitative estimate of drug-likeness (QED) is 0.601. The van der Waals surface area contributed by atoms with E-state index in [1.165, 1.54) is 23.9 Å². The van der Waals surface area contributed by atoms with Crippen molar-refractivity contribution < 1.29 is 27.8 Å². The maximum atomic E-state index is 11.6. The maximum absolute atomic E-state index is 11.6. The second kappa shape index (κ2) is 4.89. The van der Waals surface area contributed by atoms with E-state index in [1.54, 1.807) is 0 Å². The molecule has 15 heavy (non-hydrogen) atoms. The summed E-state index contributed by atoms with van der Waals surface area (Å²) in [6.07, 6.45) is 0. The standard InChI is InChI=1S/C12H15O2.Zn/c1-9-5-7-10(8-6-9)11(13)14-12(2,3)4;/h5-8H,1H2,2-4H3;. The molecule has 0 saturated heterocycles. The fourth-order valence-electron chi connectivity index (χ4n) is 1.14. The van der Waals surface area contributed by atoms with Crippen LogP contribution in [0.5, 0.6) is 0 Å². The summed E-state index contributed by atoms with van der Waals surface area (Å²) in [7, 11) is 0. The summed E-state index contributed by atoms with van der Waals surface area (Å²) in [5.41, 5.74) is 1.48. The first kappa shape index (κ1) is 12.4. The van der Waals surface area contributed by atoms with Crippen LogP contribution in [0.3, 0.4) is 0 Å². The number of carbonyl (C=O) groups excluding carboxylic acids is 1. The summed E-state index contributed by atoms with van der Waals surface area (Å²) in [5.74, 6) is -0.249. The molecule has 0 aliphatic carbocycles. The second-order valence-electron chi connectivity index (χ2n) is 4.45. The molecule has 0 aromatic heterocycles. The molecule has 0 atom stereocenters. The molecule has 3 heteroatoms. The molecule has 1 rings (SSSR count). The van der Waals surface area contributed by atoms with E-state index in [9.17, 15) is 4.79 Å². The Labute approximate surface area is 101 Å². The molecule has 0 spiro atoms. The molecule has 2 nitrogen and oxygen atoms in total. The van der Waals surface area contributed by atoms with Crippen molar-refractivity contribution in [1.82, 2.24) is 0 Å². The molecule has 0 fully saturated rings. The van der Waals surface area contributed by atoms with Crippen molar-refractivity contribution in [3.8, 4) is 0 Å². The fourth-order valence-corrected chi connectivity index (χ4v) is 1.84. The van der Waals surface area contributed by atoms with E-state index in [4.69, 9.17) is 4.74 Å². The van der Waals surface area contributed by atoms with Gasteiger partial charge in [0.05, 0.1) is 0 Å². The van der Waals surface area contributed by atoms with Crippen molar-refractivity contribution in [2.24, 2.45) is 0 Å². The van der Waals surface area contributed by atoms with Crippen molar-refractivity contribution in [1.29, 1.82) is 0 Å². The van der Waals surface area contributed by atoms with Crippen LogP contribution in [0.15, 0.2) is 24.3 Å². The summed E-state index contributed by atoms with van der Waals surface area (Å²) in [4.78, 5) is 11.6. The molecule has 0 N–H and O–H groups in total. The van der Waals surface area contributed by atoms with Crippen LogP contribution in [0.4, 0.5) is 0 Å². The molecule has 0 heterocycles. The molecule has 0 aliphatic rings. The number of hydrogen-bond acceptors (Lipinski definition) is 2. The van der Waals surface area contributed by atoms with E-state index < -0.39 is 5.60 Å². The van der Waals surface area contributed by atoms with Gasteiger partial charge in [0.25, 0.3) is 0 Å². The van der Waals surface area contributed by atoms with E-state index in [-0.39, 0.29) is 5.97 Å². The monoisotopic (exact) mass is 255 g/mol. The Morgan fingerprint density at radius 1 is 1.27 bits per heavy atom. The van der Waals surface area contributed by atoms with Crippen LogP contribution in [0.2, 0.25) is 0 Å². The summed E-state index contributed by atoms with van der Waals surface area (Å²) in [5, 5.41) is 1.11. The first-order valence-corrected chi connectivity index (χ1v) is 7.14. The van der Waals surface area contributed by atoms with Gasteiger partial charge < -0.3 is 0 Å². The van der Waals surface area contributed by atoms with Crippen molar-refractivity contribution in [3.05, 3.63) is 35.4 Å². The summed E-state index contributed by atoms with van der Waals surface area (Å²) in [6, 6.07) is 7.64. The van der Waals surface area contributed by atoms with Crippen LogP contribution in [0, 0.1) is 0 Å². The Morgan fingerprint density at radius 2 is 1.80 bits per heavy atom. The van der Waals surface area contributed by atoms with Gasteiger partial charge in [0, 0.05) is 0 Å². The van der Waals surface area contributed by atoms with Gasteiger partial charge in [0.2, 0.25) is 0 Å². The number of rotatable bonds is 2. The zero-order valence-electron chi connectivity index (χ0n) is 9.54. The van der Waals surface area contributed by atoms with Crippen LogP contribution < -0.4 is 0 Å². The minimum atomic E-state index is -0.424. The van der Waals surface area contributed by atoms with Crippen LogP contribution >= 0.6 is 0 Å². The first-order chi connectivity index (χ1) is 6.92. The molecule has 1 aromatic rings. The Hall–Kier alpha value is -0.687. The van der Waals surface area contributed by atoms with Gasteiger partial charge >= 0.3 is 101 Å². The molecule has 1 aromatic carbocycles. The molecule has 0 radical (unpaired) electrons. The fraction of sp³-hybridized carbons (Fsp3) is 0.417. The van der Waals surface area contributed by atoms with E-state index in [2.05, 4.69) is 0 Å². The predicted molar refractivity (Wildman–Crippen MR) is 55.3 cm³/mol. The van der Waals surface area contributed by atoms with Crippen LogP contribution in [0.25, 0.3) is 0 Å². The van der Waals surface area contributed by atoms with E-state index in [1.807, 2.05) is 45.0 Å². The van der Waals surface area contributed by atoms with Crippen molar-refractivity contribution in [2.75, 3.05) is 0 Å². The van der Waals surface area contributed by atoms with Crippen molar-refractivity contribution in [3.63, 3.8) is 0 Å². The van der Waals surface area contributed by atoms with Crippen molar-refractivity contribution >= 4 is 5.97 Å². The SMILES string of the molecule is CC(C)(C)OC(=O)c1ccc([CH2][Zn])cc1. The van der Waals surface area contributed by atoms with E-state index >= 15 is 0 Å². The Kier molecular flexibility index (Phi) is 4.04. The Morgan fingerprint density at radius 3 is 2.20 bits per heavy atom. The zero-order chi connectivity index (χ0) is 11.5. The number of benzene rings is 1. The van der Waals surface area contributed by atoms with Gasteiger partial charge in [0.1, 0.15) is 0 Å². The number of carbonyl (C=O) groups is 1. The molecule has 0 aliphatic heterocycles. The van der Waals surface area contributed by atoms with E-state index in [0.717, 1.165) is 5.02 Å². The van der Waals surface area contributed by atoms with Gasteiger partial charge in [0.15, 0.2) is 0 Å². The van der Waals surface area contributed by atoms with Gasteiger partial charge in [-0.25, -0.2) is 0 Å².